The van der Waals surface area contributed by atoms with Gasteiger partial charge < -0.3 is 14.8 Å². The minimum atomic E-state index is -0.878. The number of hydrogen-bond donors (Lipinski definition) is 1. The van der Waals surface area contributed by atoms with Crippen LogP contribution >= 0.6 is 0 Å². The molecule has 2 rings (SSSR count). The van der Waals surface area contributed by atoms with Crippen LogP contribution in [0.15, 0.2) is 42.5 Å². The molecule has 0 aliphatic carbocycles. The molecule has 1 N–H and O–H groups in total. The fraction of sp³-hybridized carbons (Fsp3) is 0.176. The Morgan fingerprint density at radius 2 is 2.00 bits per heavy atom. The SMILES string of the molecule is COc1cc(C#N)ccc1OC(C)C(=O)Nc1ccccc1F. The maximum absolute atomic E-state index is 13.5. The predicted molar refractivity (Wildman–Crippen MR) is 82.8 cm³/mol. The molecule has 1 amide bonds. The summed E-state index contributed by atoms with van der Waals surface area (Å²) < 4.78 is 24.2. The molecule has 1 unspecified atom stereocenters. The maximum Gasteiger partial charge on any atom is 0.265 e. The molecule has 0 aliphatic rings. The molecule has 5 nitrogen and oxygen atoms in total. The van der Waals surface area contributed by atoms with Gasteiger partial charge in [-0.05, 0) is 31.2 Å². The van der Waals surface area contributed by atoms with Gasteiger partial charge in [0.15, 0.2) is 17.6 Å². The van der Waals surface area contributed by atoms with Crippen molar-refractivity contribution < 1.29 is 18.7 Å². The average molecular weight is 314 g/mol. The Morgan fingerprint density at radius 3 is 2.65 bits per heavy atom. The predicted octanol–water partition coefficient (Wildman–Crippen LogP) is 3.11. The number of benzene rings is 2. The van der Waals surface area contributed by atoms with E-state index in [2.05, 4.69) is 5.32 Å². The van der Waals surface area contributed by atoms with Crippen molar-refractivity contribution in [1.82, 2.24) is 0 Å². The number of nitrogens with one attached hydrogen (secondary N) is 1. The molecule has 1 atom stereocenters. The zero-order chi connectivity index (χ0) is 16.8. The third-order valence-corrected chi connectivity index (χ3v) is 3.10. The number of ether oxygens (including phenoxy) is 2. The van der Waals surface area contributed by atoms with Crippen molar-refractivity contribution in [2.75, 3.05) is 12.4 Å². The van der Waals surface area contributed by atoms with E-state index in [-0.39, 0.29) is 5.69 Å². The first kappa shape index (κ1) is 16.3. The Morgan fingerprint density at radius 1 is 1.26 bits per heavy atom. The van der Waals surface area contributed by atoms with Crippen LogP contribution in [0.3, 0.4) is 0 Å². The van der Waals surface area contributed by atoms with Crippen LogP contribution in [0, 0.1) is 17.1 Å². The highest BCUT2D eigenvalue weighted by atomic mass is 19.1. The molecule has 0 aliphatic heterocycles. The number of para-hydroxylation sites is 1. The van der Waals surface area contributed by atoms with Crippen molar-refractivity contribution >= 4 is 11.6 Å². The summed E-state index contributed by atoms with van der Waals surface area (Å²) in [5, 5.41) is 11.3. The number of nitrogens with zero attached hydrogens (tertiary/aromatic N) is 1. The number of nitriles is 1. The molecule has 0 fully saturated rings. The minimum Gasteiger partial charge on any atom is -0.493 e. The van der Waals surface area contributed by atoms with Crippen LogP contribution in [0.2, 0.25) is 0 Å². The molecule has 23 heavy (non-hydrogen) atoms. The summed E-state index contributed by atoms with van der Waals surface area (Å²) in [6.45, 7) is 1.54. The van der Waals surface area contributed by atoms with E-state index >= 15 is 0 Å². The number of methoxy groups -OCH3 is 1. The Labute approximate surface area is 133 Å². The first-order valence-electron chi connectivity index (χ1n) is 6.85. The van der Waals surface area contributed by atoms with Crippen molar-refractivity contribution in [3.63, 3.8) is 0 Å². The van der Waals surface area contributed by atoms with Gasteiger partial charge >= 0.3 is 0 Å². The lowest BCUT2D eigenvalue weighted by atomic mass is 10.2. The van der Waals surface area contributed by atoms with Crippen molar-refractivity contribution in [3.8, 4) is 17.6 Å². The highest BCUT2D eigenvalue weighted by molar-refractivity contribution is 5.94. The molecular weight excluding hydrogens is 299 g/mol. The number of hydrogen-bond acceptors (Lipinski definition) is 4. The van der Waals surface area contributed by atoms with Crippen LogP contribution in [0.25, 0.3) is 0 Å². The largest absolute Gasteiger partial charge is 0.493 e. The van der Waals surface area contributed by atoms with Crippen molar-refractivity contribution in [2.24, 2.45) is 0 Å². The van der Waals surface area contributed by atoms with Gasteiger partial charge in [-0.1, -0.05) is 12.1 Å². The Hall–Kier alpha value is -3.07. The first-order chi connectivity index (χ1) is 11.0. The molecule has 0 saturated heterocycles. The summed E-state index contributed by atoms with van der Waals surface area (Å²) in [5.74, 6) is -0.359. The Balaban J connectivity index is 2.10. The van der Waals surface area contributed by atoms with Crippen molar-refractivity contribution in [1.29, 1.82) is 5.26 Å². The quantitative estimate of drug-likeness (QED) is 0.920. The van der Waals surface area contributed by atoms with Gasteiger partial charge in [-0.15, -0.1) is 0 Å². The smallest absolute Gasteiger partial charge is 0.265 e. The van der Waals surface area contributed by atoms with Crippen LogP contribution < -0.4 is 14.8 Å². The summed E-state index contributed by atoms with van der Waals surface area (Å²) in [6, 6.07) is 12.5. The maximum atomic E-state index is 13.5. The third-order valence-electron chi connectivity index (χ3n) is 3.10. The van der Waals surface area contributed by atoms with Crippen molar-refractivity contribution in [2.45, 2.75) is 13.0 Å². The van der Waals surface area contributed by atoms with Crippen LogP contribution in [-0.4, -0.2) is 19.1 Å². The third kappa shape index (κ3) is 3.98. The zero-order valence-electron chi connectivity index (χ0n) is 12.7. The lowest BCUT2D eigenvalue weighted by Gasteiger charge is -2.17. The normalized spacial score (nSPS) is 11.2. The van der Waals surface area contributed by atoms with E-state index in [1.54, 1.807) is 18.2 Å². The van der Waals surface area contributed by atoms with E-state index < -0.39 is 17.8 Å². The van der Waals surface area contributed by atoms with Gasteiger partial charge in [0.1, 0.15) is 5.82 Å². The first-order valence-corrected chi connectivity index (χ1v) is 6.85. The Bertz CT molecular complexity index is 756. The van der Waals surface area contributed by atoms with E-state index in [0.29, 0.717) is 17.1 Å². The summed E-state index contributed by atoms with van der Waals surface area (Å²) in [4.78, 5) is 12.1. The molecule has 0 bridgehead atoms. The molecule has 6 heteroatoms. The second kappa shape index (κ2) is 7.27. The van der Waals surface area contributed by atoms with Gasteiger partial charge in [0.05, 0.1) is 24.4 Å². The van der Waals surface area contributed by atoms with E-state index in [0.717, 1.165) is 0 Å². The highest BCUT2D eigenvalue weighted by Gasteiger charge is 2.18. The summed E-state index contributed by atoms with van der Waals surface area (Å²) in [5.41, 5.74) is 0.498. The number of amides is 1. The molecule has 2 aromatic rings. The lowest BCUT2D eigenvalue weighted by Crippen LogP contribution is -2.30. The van der Waals surface area contributed by atoms with Gasteiger partial charge in [0.25, 0.3) is 5.91 Å². The van der Waals surface area contributed by atoms with E-state index in [4.69, 9.17) is 14.7 Å². The number of halogens is 1. The molecular formula is C17H15FN2O3. The second-order valence-electron chi connectivity index (χ2n) is 4.71. The molecule has 2 aromatic carbocycles. The average Bonchev–Trinajstić information content (AvgIpc) is 2.57. The summed E-state index contributed by atoms with van der Waals surface area (Å²) in [6.07, 6.45) is -0.878. The highest BCUT2D eigenvalue weighted by Crippen LogP contribution is 2.29. The summed E-state index contributed by atoms with van der Waals surface area (Å²) >= 11 is 0. The van der Waals surface area contributed by atoms with E-state index in [9.17, 15) is 9.18 Å². The fourth-order valence-corrected chi connectivity index (χ4v) is 1.88. The molecule has 0 spiro atoms. The van der Waals surface area contributed by atoms with E-state index in [1.807, 2.05) is 6.07 Å². The number of carbonyl (C=O) groups excluding carboxylic acids is 1. The molecule has 118 valence electrons. The molecule has 0 saturated carbocycles. The van der Waals surface area contributed by atoms with Gasteiger partial charge in [-0.2, -0.15) is 5.26 Å². The van der Waals surface area contributed by atoms with Gasteiger partial charge in [-0.3, -0.25) is 4.79 Å². The fourth-order valence-electron chi connectivity index (χ4n) is 1.88. The second-order valence-corrected chi connectivity index (χ2v) is 4.71. The molecule has 0 aromatic heterocycles. The number of rotatable bonds is 5. The monoisotopic (exact) mass is 314 g/mol. The van der Waals surface area contributed by atoms with Crippen LogP contribution in [0.1, 0.15) is 12.5 Å². The van der Waals surface area contributed by atoms with Crippen molar-refractivity contribution in [3.05, 3.63) is 53.8 Å². The zero-order valence-corrected chi connectivity index (χ0v) is 12.7. The van der Waals surface area contributed by atoms with E-state index in [1.165, 1.54) is 38.3 Å². The van der Waals surface area contributed by atoms with Gasteiger partial charge in [0, 0.05) is 6.07 Å². The number of carbonyl (C=O) groups is 1. The lowest BCUT2D eigenvalue weighted by molar-refractivity contribution is -0.122. The summed E-state index contributed by atoms with van der Waals surface area (Å²) in [7, 11) is 1.44. The molecule has 0 radical (unpaired) electrons. The standard InChI is InChI=1S/C17H15FN2O3/c1-11(17(21)20-14-6-4-3-5-13(14)18)23-15-8-7-12(10-19)9-16(15)22-2/h3-9,11H,1-2H3,(H,20,21). The van der Waals surface area contributed by atoms with Gasteiger partial charge in [0.2, 0.25) is 0 Å². The Kier molecular flexibility index (Phi) is 5.15. The van der Waals surface area contributed by atoms with Crippen LogP contribution in [0.5, 0.6) is 11.5 Å². The molecule has 0 heterocycles. The number of anilines is 1. The van der Waals surface area contributed by atoms with Crippen LogP contribution in [0.4, 0.5) is 10.1 Å². The van der Waals surface area contributed by atoms with Crippen LogP contribution in [-0.2, 0) is 4.79 Å². The van der Waals surface area contributed by atoms with Gasteiger partial charge in [-0.25, -0.2) is 4.39 Å². The minimum absolute atomic E-state index is 0.0831. The topological polar surface area (TPSA) is 71.3 Å².